The van der Waals surface area contributed by atoms with Gasteiger partial charge in [0.1, 0.15) is 12.4 Å². The summed E-state index contributed by atoms with van der Waals surface area (Å²) in [5.41, 5.74) is 0. The molecule has 4 nitrogen and oxygen atoms in total. The van der Waals surface area contributed by atoms with Gasteiger partial charge in [0.15, 0.2) is 0 Å². The number of carbonyl (C=O) groups is 1. The van der Waals surface area contributed by atoms with Crippen molar-refractivity contribution in [1.29, 1.82) is 0 Å². The number of aromatic nitrogens is 2. The van der Waals surface area contributed by atoms with Crippen LogP contribution in [0.3, 0.4) is 0 Å². The lowest BCUT2D eigenvalue weighted by Crippen LogP contribution is -2.40. The molecule has 0 saturated heterocycles. The number of hydrogen-bond donors (Lipinski definition) is 0. The quantitative estimate of drug-likeness (QED) is 0.625. The third-order valence-electron chi connectivity index (χ3n) is 2.74. The number of unbranched alkanes of at least 4 members (excludes halogenated alkanes) is 1. The van der Waals surface area contributed by atoms with Crippen LogP contribution in [-0.4, -0.2) is 10.5 Å². The summed E-state index contributed by atoms with van der Waals surface area (Å²) in [5.74, 6) is 0.226. The third-order valence-corrected chi connectivity index (χ3v) is 2.74. The average molecular weight is 224 g/mol. The molecule has 90 valence electrons. The maximum absolute atomic E-state index is 10.4. The topological polar surface area (TPSA) is 48.9 Å². The first-order chi connectivity index (χ1) is 7.69. The van der Waals surface area contributed by atoms with Crippen LogP contribution in [-0.2, 0) is 24.3 Å². The van der Waals surface area contributed by atoms with E-state index in [1.54, 1.807) is 0 Å². The van der Waals surface area contributed by atoms with Gasteiger partial charge in [-0.05, 0) is 13.3 Å². The van der Waals surface area contributed by atoms with Crippen molar-refractivity contribution in [2.45, 2.75) is 52.6 Å². The van der Waals surface area contributed by atoms with Crippen molar-refractivity contribution >= 4 is 5.97 Å². The van der Waals surface area contributed by atoms with Crippen molar-refractivity contribution in [3.63, 3.8) is 0 Å². The van der Waals surface area contributed by atoms with Gasteiger partial charge in [0.05, 0.1) is 13.1 Å². The highest BCUT2D eigenvalue weighted by Crippen LogP contribution is 2.02. The number of carboxylic acid groups (broad SMARTS) is 1. The number of aryl methyl sites for hydroxylation is 2. The molecule has 4 heteroatoms. The SMILES string of the molecule is CCCCc1n(CC)cc[n+]1CCC(=O)[O-]. The predicted molar refractivity (Wildman–Crippen MR) is 58.5 cm³/mol. The average Bonchev–Trinajstić information content (AvgIpc) is 2.65. The first-order valence-corrected chi connectivity index (χ1v) is 5.96. The maximum atomic E-state index is 10.4. The molecule has 1 aromatic rings. The van der Waals surface area contributed by atoms with Crippen LogP contribution in [0, 0.1) is 0 Å². The van der Waals surface area contributed by atoms with E-state index in [4.69, 9.17) is 0 Å². The van der Waals surface area contributed by atoms with Crippen molar-refractivity contribution in [3.05, 3.63) is 18.2 Å². The van der Waals surface area contributed by atoms with E-state index in [9.17, 15) is 9.90 Å². The molecule has 0 spiro atoms. The highest BCUT2D eigenvalue weighted by molar-refractivity contribution is 5.63. The van der Waals surface area contributed by atoms with E-state index in [-0.39, 0.29) is 6.42 Å². The first kappa shape index (κ1) is 12.7. The second kappa shape index (κ2) is 6.30. The zero-order valence-corrected chi connectivity index (χ0v) is 10.1. The highest BCUT2D eigenvalue weighted by atomic mass is 16.4. The monoisotopic (exact) mass is 224 g/mol. The Kier molecular flexibility index (Phi) is 5.02. The van der Waals surface area contributed by atoms with Crippen LogP contribution in [0.4, 0.5) is 0 Å². The van der Waals surface area contributed by atoms with Crippen LogP contribution in [0.1, 0.15) is 38.9 Å². The van der Waals surface area contributed by atoms with E-state index in [0.29, 0.717) is 6.54 Å². The predicted octanol–water partition coefficient (Wildman–Crippen LogP) is 0.278. The minimum absolute atomic E-state index is 0.0809. The minimum atomic E-state index is -0.988. The number of carboxylic acids is 1. The zero-order valence-electron chi connectivity index (χ0n) is 10.1. The smallest absolute Gasteiger partial charge is 0.256 e. The summed E-state index contributed by atoms with van der Waals surface area (Å²) in [6, 6.07) is 0. The van der Waals surface area contributed by atoms with Crippen LogP contribution in [0.5, 0.6) is 0 Å². The molecule has 1 heterocycles. The van der Waals surface area contributed by atoms with Gasteiger partial charge < -0.3 is 9.90 Å². The van der Waals surface area contributed by atoms with Crippen molar-refractivity contribution in [2.75, 3.05) is 0 Å². The molecular weight excluding hydrogens is 204 g/mol. The van der Waals surface area contributed by atoms with Crippen molar-refractivity contribution in [1.82, 2.24) is 4.57 Å². The molecule has 0 aliphatic heterocycles. The lowest BCUT2D eigenvalue weighted by Gasteiger charge is -2.04. The molecule has 0 aromatic carbocycles. The van der Waals surface area contributed by atoms with E-state index < -0.39 is 5.97 Å². The van der Waals surface area contributed by atoms with Gasteiger partial charge in [-0.1, -0.05) is 13.3 Å². The van der Waals surface area contributed by atoms with Gasteiger partial charge in [-0.2, -0.15) is 0 Å². The fourth-order valence-electron chi connectivity index (χ4n) is 1.82. The molecule has 0 unspecified atom stereocenters. The summed E-state index contributed by atoms with van der Waals surface area (Å²) in [4.78, 5) is 10.4. The van der Waals surface area contributed by atoms with E-state index in [2.05, 4.69) is 18.4 Å². The Balaban J connectivity index is 2.73. The molecule has 0 saturated carbocycles. The molecule has 1 rings (SSSR count). The molecule has 0 atom stereocenters. The molecular formula is C12H20N2O2. The number of hydrogen-bond acceptors (Lipinski definition) is 2. The Morgan fingerprint density at radius 1 is 1.50 bits per heavy atom. The third kappa shape index (κ3) is 3.36. The molecule has 0 aliphatic carbocycles. The van der Waals surface area contributed by atoms with Gasteiger partial charge in [0.25, 0.3) is 5.82 Å². The molecule has 0 bridgehead atoms. The van der Waals surface area contributed by atoms with Gasteiger partial charge in [-0.3, -0.25) is 0 Å². The fourth-order valence-corrected chi connectivity index (χ4v) is 1.82. The zero-order chi connectivity index (χ0) is 12.0. The van der Waals surface area contributed by atoms with Gasteiger partial charge in [0, 0.05) is 18.8 Å². The molecule has 0 amide bonds. The summed E-state index contributed by atoms with van der Waals surface area (Å²) < 4.78 is 4.19. The van der Waals surface area contributed by atoms with Crippen LogP contribution < -0.4 is 9.67 Å². The minimum Gasteiger partial charge on any atom is -0.550 e. The van der Waals surface area contributed by atoms with Gasteiger partial charge in [0.2, 0.25) is 0 Å². The Morgan fingerprint density at radius 2 is 2.25 bits per heavy atom. The van der Waals surface area contributed by atoms with Gasteiger partial charge in [-0.25, -0.2) is 9.13 Å². The van der Waals surface area contributed by atoms with E-state index >= 15 is 0 Å². The van der Waals surface area contributed by atoms with E-state index in [0.717, 1.165) is 25.8 Å². The molecule has 1 aromatic heterocycles. The van der Waals surface area contributed by atoms with Crippen molar-refractivity contribution in [3.8, 4) is 0 Å². The summed E-state index contributed by atoms with van der Waals surface area (Å²) in [6.45, 7) is 5.69. The number of carbonyl (C=O) groups excluding carboxylic acids is 1. The number of aliphatic carboxylic acids is 1. The Bertz CT molecular complexity index is 345. The molecule has 0 N–H and O–H groups in total. The summed E-state index contributed by atoms with van der Waals surface area (Å²) >= 11 is 0. The van der Waals surface area contributed by atoms with E-state index in [1.165, 1.54) is 5.82 Å². The normalized spacial score (nSPS) is 10.6. The van der Waals surface area contributed by atoms with Crippen LogP contribution in [0.25, 0.3) is 0 Å². The second-order valence-corrected chi connectivity index (χ2v) is 3.92. The van der Waals surface area contributed by atoms with E-state index in [1.807, 2.05) is 17.0 Å². The van der Waals surface area contributed by atoms with Crippen molar-refractivity contribution < 1.29 is 14.5 Å². The fraction of sp³-hybridized carbons (Fsp3) is 0.667. The Hall–Kier alpha value is -1.32. The number of nitrogens with zero attached hydrogens (tertiary/aromatic N) is 2. The summed E-state index contributed by atoms with van der Waals surface area (Å²) in [6.07, 6.45) is 7.34. The Morgan fingerprint density at radius 3 is 2.81 bits per heavy atom. The molecule has 16 heavy (non-hydrogen) atoms. The largest absolute Gasteiger partial charge is 0.550 e. The van der Waals surface area contributed by atoms with Crippen LogP contribution in [0.2, 0.25) is 0 Å². The summed E-state index contributed by atoms with van der Waals surface area (Å²) in [7, 11) is 0. The lowest BCUT2D eigenvalue weighted by atomic mass is 10.2. The maximum Gasteiger partial charge on any atom is 0.256 e. The molecule has 0 radical (unpaired) electrons. The van der Waals surface area contributed by atoms with Crippen LogP contribution in [0.15, 0.2) is 12.4 Å². The molecule has 0 fully saturated rings. The number of rotatable bonds is 7. The lowest BCUT2D eigenvalue weighted by molar-refractivity contribution is -0.703. The Labute approximate surface area is 96.5 Å². The van der Waals surface area contributed by atoms with Gasteiger partial charge in [-0.15, -0.1) is 0 Å². The second-order valence-electron chi connectivity index (χ2n) is 3.92. The highest BCUT2D eigenvalue weighted by Gasteiger charge is 2.14. The summed E-state index contributed by atoms with van der Waals surface area (Å²) in [5, 5.41) is 10.4. The van der Waals surface area contributed by atoms with Crippen LogP contribution >= 0.6 is 0 Å². The number of imidazole rings is 1. The van der Waals surface area contributed by atoms with Gasteiger partial charge >= 0.3 is 0 Å². The standard InChI is InChI=1S/C12H20N2O2/c1-3-5-6-11-13(4-2)9-10-14(11)8-7-12(15)16/h9-10H,3-8H2,1-2H3. The molecule has 0 aliphatic rings. The first-order valence-electron chi connectivity index (χ1n) is 5.96. The van der Waals surface area contributed by atoms with Crippen molar-refractivity contribution in [2.24, 2.45) is 0 Å².